The first-order valence-electron chi connectivity index (χ1n) is 4.08. The number of methoxy groups -OCH3 is 1. The van der Waals surface area contributed by atoms with E-state index in [1.165, 1.54) is 20.0 Å². The van der Waals surface area contributed by atoms with Crippen LogP contribution in [0.3, 0.4) is 0 Å². The molecule has 0 heterocycles. The molecule has 3 nitrogen and oxygen atoms in total. The third kappa shape index (κ3) is 2.50. The van der Waals surface area contributed by atoms with Crippen LogP contribution in [0.2, 0.25) is 0 Å². The summed E-state index contributed by atoms with van der Waals surface area (Å²) >= 11 is 0. The van der Waals surface area contributed by atoms with E-state index in [1.54, 1.807) is 0 Å². The predicted molar refractivity (Wildman–Crippen MR) is 42.2 cm³/mol. The van der Waals surface area contributed by atoms with Crippen LogP contribution in [0, 0.1) is 5.92 Å². The lowest BCUT2D eigenvalue weighted by atomic mass is 10.3. The van der Waals surface area contributed by atoms with Gasteiger partial charge in [-0.2, -0.15) is 0 Å². The summed E-state index contributed by atoms with van der Waals surface area (Å²) < 4.78 is 4.50. The molecule has 0 aromatic carbocycles. The summed E-state index contributed by atoms with van der Waals surface area (Å²) in [6, 6.07) is 0.569. The monoisotopic (exact) mass is 157 g/mol. The maximum absolute atomic E-state index is 10.7. The Balaban J connectivity index is 2.01. The fraction of sp³-hybridized carbons (Fsp3) is 0.875. The maximum Gasteiger partial charge on any atom is 0.319 e. The van der Waals surface area contributed by atoms with Gasteiger partial charge in [0.15, 0.2) is 0 Å². The van der Waals surface area contributed by atoms with Gasteiger partial charge < -0.3 is 10.1 Å². The normalized spacial score (nSPS) is 28.2. The Morgan fingerprint density at radius 1 is 1.73 bits per heavy atom. The summed E-state index contributed by atoms with van der Waals surface area (Å²) in [6.45, 7) is 2.53. The smallest absolute Gasteiger partial charge is 0.319 e. The van der Waals surface area contributed by atoms with Crippen molar-refractivity contribution in [3.05, 3.63) is 0 Å². The Kier molecular flexibility index (Phi) is 2.88. The lowest BCUT2D eigenvalue weighted by Gasteiger charge is -2.00. The number of carbonyl (C=O) groups excluding carboxylic acids is 1. The molecule has 1 fully saturated rings. The van der Waals surface area contributed by atoms with Gasteiger partial charge in [-0.05, 0) is 12.3 Å². The first kappa shape index (κ1) is 8.53. The van der Waals surface area contributed by atoms with Crippen molar-refractivity contribution < 1.29 is 9.53 Å². The molecule has 1 aliphatic carbocycles. The summed E-state index contributed by atoms with van der Waals surface area (Å²) in [5.74, 6) is 0.617. The number of ether oxygens (including phenoxy) is 1. The molecule has 0 aliphatic heterocycles. The van der Waals surface area contributed by atoms with Crippen molar-refractivity contribution in [3.63, 3.8) is 0 Å². The average Bonchev–Trinajstić information content (AvgIpc) is 2.78. The Bertz CT molecular complexity index is 147. The maximum atomic E-state index is 10.7. The molecule has 3 heteroatoms. The molecular weight excluding hydrogens is 142 g/mol. The number of carbonyl (C=O) groups is 1. The Morgan fingerprint density at radius 3 is 2.91 bits per heavy atom. The molecule has 1 saturated carbocycles. The van der Waals surface area contributed by atoms with Gasteiger partial charge in [0.2, 0.25) is 0 Å². The summed E-state index contributed by atoms with van der Waals surface area (Å²) in [7, 11) is 1.41. The molecule has 1 aliphatic rings. The largest absolute Gasteiger partial charge is 0.468 e. The summed E-state index contributed by atoms with van der Waals surface area (Å²) in [4.78, 5) is 10.7. The van der Waals surface area contributed by atoms with Crippen LogP contribution >= 0.6 is 0 Å². The molecule has 64 valence electrons. The molecule has 0 spiro atoms. The van der Waals surface area contributed by atoms with Gasteiger partial charge in [0.1, 0.15) is 0 Å². The highest BCUT2D eigenvalue weighted by atomic mass is 16.5. The third-order valence-corrected chi connectivity index (χ3v) is 2.18. The van der Waals surface area contributed by atoms with Crippen LogP contribution in [0.15, 0.2) is 0 Å². The highest BCUT2D eigenvalue weighted by Gasteiger charge is 2.34. The van der Waals surface area contributed by atoms with E-state index in [0.29, 0.717) is 12.6 Å². The van der Waals surface area contributed by atoms with Gasteiger partial charge in [-0.25, -0.2) is 0 Å². The lowest BCUT2D eigenvalue weighted by molar-refractivity contribution is -0.139. The van der Waals surface area contributed by atoms with Gasteiger partial charge in [-0.15, -0.1) is 0 Å². The Morgan fingerprint density at radius 2 is 2.45 bits per heavy atom. The number of nitrogens with one attached hydrogen (secondary N) is 1. The van der Waals surface area contributed by atoms with Crippen LogP contribution in [-0.4, -0.2) is 25.7 Å². The Labute approximate surface area is 67.1 Å². The lowest BCUT2D eigenvalue weighted by Crippen LogP contribution is -2.26. The van der Waals surface area contributed by atoms with Crippen molar-refractivity contribution in [2.24, 2.45) is 5.92 Å². The molecule has 0 aromatic heterocycles. The standard InChI is InChI=1S/C8H15NO2/c1-3-6-4-7(6)9-5-8(10)11-2/h6-7,9H,3-5H2,1-2H3. The van der Waals surface area contributed by atoms with Crippen LogP contribution < -0.4 is 5.32 Å². The fourth-order valence-corrected chi connectivity index (χ4v) is 1.24. The van der Waals surface area contributed by atoms with Crippen molar-refractivity contribution in [2.75, 3.05) is 13.7 Å². The number of rotatable bonds is 4. The van der Waals surface area contributed by atoms with E-state index in [4.69, 9.17) is 0 Å². The van der Waals surface area contributed by atoms with Crippen molar-refractivity contribution in [1.29, 1.82) is 0 Å². The first-order chi connectivity index (χ1) is 5.27. The van der Waals surface area contributed by atoms with E-state index in [1.807, 2.05) is 0 Å². The SMILES string of the molecule is CCC1CC1NCC(=O)OC. The second-order valence-electron chi connectivity index (χ2n) is 2.97. The van der Waals surface area contributed by atoms with Gasteiger partial charge in [-0.1, -0.05) is 13.3 Å². The van der Waals surface area contributed by atoms with Crippen molar-refractivity contribution >= 4 is 5.97 Å². The molecule has 0 amide bonds. The number of hydrogen-bond donors (Lipinski definition) is 1. The summed E-state index contributed by atoms with van der Waals surface area (Å²) in [5, 5.41) is 3.13. The van der Waals surface area contributed by atoms with Crippen molar-refractivity contribution in [1.82, 2.24) is 5.32 Å². The molecular formula is C8H15NO2. The highest BCUT2D eigenvalue weighted by Crippen LogP contribution is 2.32. The van der Waals surface area contributed by atoms with Crippen molar-refractivity contribution in [3.8, 4) is 0 Å². The van der Waals surface area contributed by atoms with Crippen LogP contribution in [0.5, 0.6) is 0 Å². The molecule has 1 N–H and O–H groups in total. The molecule has 0 aromatic rings. The van der Waals surface area contributed by atoms with Gasteiger partial charge in [-0.3, -0.25) is 4.79 Å². The minimum absolute atomic E-state index is 0.174. The minimum atomic E-state index is -0.174. The highest BCUT2D eigenvalue weighted by molar-refractivity contribution is 5.71. The minimum Gasteiger partial charge on any atom is -0.468 e. The van der Waals surface area contributed by atoms with Crippen LogP contribution in [0.1, 0.15) is 19.8 Å². The molecule has 0 radical (unpaired) electrons. The molecule has 2 atom stereocenters. The number of hydrogen-bond acceptors (Lipinski definition) is 3. The number of esters is 1. The van der Waals surface area contributed by atoms with Crippen molar-refractivity contribution in [2.45, 2.75) is 25.8 Å². The van der Waals surface area contributed by atoms with Crippen LogP contribution in [0.4, 0.5) is 0 Å². The summed E-state index contributed by atoms with van der Waals surface area (Å²) in [6.07, 6.45) is 2.42. The second kappa shape index (κ2) is 3.72. The molecule has 1 rings (SSSR count). The van der Waals surface area contributed by atoms with Gasteiger partial charge in [0, 0.05) is 6.04 Å². The first-order valence-corrected chi connectivity index (χ1v) is 4.08. The van der Waals surface area contributed by atoms with E-state index in [2.05, 4.69) is 17.0 Å². The third-order valence-electron chi connectivity index (χ3n) is 2.18. The van der Waals surface area contributed by atoms with E-state index < -0.39 is 0 Å². The second-order valence-corrected chi connectivity index (χ2v) is 2.97. The Hall–Kier alpha value is -0.570. The van der Waals surface area contributed by atoms with Gasteiger partial charge in [0.25, 0.3) is 0 Å². The quantitative estimate of drug-likeness (QED) is 0.605. The fourth-order valence-electron chi connectivity index (χ4n) is 1.24. The van der Waals surface area contributed by atoms with E-state index in [9.17, 15) is 4.79 Å². The van der Waals surface area contributed by atoms with E-state index >= 15 is 0 Å². The molecule has 11 heavy (non-hydrogen) atoms. The zero-order valence-corrected chi connectivity index (χ0v) is 7.09. The topological polar surface area (TPSA) is 38.3 Å². The molecule has 0 saturated heterocycles. The molecule has 2 unspecified atom stereocenters. The van der Waals surface area contributed by atoms with E-state index in [0.717, 1.165) is 5.92 Å². The van der Waals surface area contributed by atoms with Crippen LogP contribution in [-0.2, 0) is 9.53 Å². The average molecular weight is 157 g/mol. The molecule has 0 bridgehead atoms. The van der Waals surface area contributed by atoms with Gasteiger partial charge >= 0.3 is 5.97 Å². The summed E-state index contributed by atoms with van der Waals surface area (Å²) in [5.41, 5.74) is 0. The zero-order chi connectivity index (χ0) is 8.27. The zero-order valence-electron chi connectivity index (χ0n) is 7.09. The van der Waals surface area contributed by atoms with Crippen LogP contribution in [0.25, 0.3) is 0 Å². The van der Waals surface area contributed by atoms with Gasteiger partial charge in [0.05, 0.1) is 13.7 Å². The van der Waals surface area contributed by atoms with E-state index in [-0.39, 0.29) is 5.97 Å². The predicted octanol–water partition coefficient (Wildman–Crippen LogP) is 0.547.